The van der Waals surface area contributed by atoms with Crippen LogP contribution in [0.25, 0.3) is 4.96 Å². The van der Waals surface area contributed by atoms with E-state index < -0.39 is 0 Å². The van der Waals surface area contributed by atoms with Gasteiger partial charge in [0.1, 0.15) is 5.01 Å². The van der Waals surface area contributed by atoms with Crippen molar-refractivity contribution in [2.45, 2.75) is 30.4 Å². The van der Waals surface area contributed by atoms with Crippen LogP contribution in [-0.4, -0.2) is 24.8 Å². The number of hydrogen-bond acceptors (Lipinski definition) is 9. The first-order valence-corrected chi connectivity index (χ1v) is 10.9. The Hall–Kier alpha value is -2.30. The molecule has 0 amide bonds. The highest BCUT2D eigenvalue weighted by Crippen LogP contribution is 2.29. The zero-order chi connectivity index (χ0) is 18.8. The Labute approximate surface area is 167 Å². The Bertz CT molecular complexity index is 1150. The lowest BCUT2D eigenvalue weighted by Gasteiger charge is -2.01. The maximum atomic E-state index is 12.2. The van der Waals surface area contributed by atoms with Gasteiger partial charge in [0.2, 0.25) is 10.1 Å². The molecule has 0 radical (unpaired) electrons. The standard InChI is InChI=1S/C17H16N6OS3/c1-3-13-22-23-14(24)8-12(19-16(23)26-13)9-25-17-21-20-15(27-17)18-11-6-4-5-10(2)7-11/h4-8H,3,9H2,1-2H3,(H,18,20). The van der Waals surface area contributed by atoms with Crippen LogP contribution in [0.3, 0.4) is 0 Å². The molecule has 0 fully saturated rings. The van der Waals surface area contributed by atoms with Gasteiger partial charge >= 0.3 is 0 Å². The molecule has 0 aliphatic rings. The van der Waals surface area contributed by atoms with Gasteiger partial charge in [-0.15, -0.1) is 10.2 Å². The summed E-state index contributed by atoms with van der Waals surface area (Å²) in [5.74, 6) is 0.560. The summed E-state index contributed by atoms with van der Waals surface area (Å²) in [5.41, 5.74) is 2.74. The molecule has 0 saturated heterocycles. The Balaban J connectivity index is 1.45. The van der Waals surface area contributed by atoms with Crippen molar-refractivity contribution >= 4 is 50.2 Å². The number of nitrogens with zero attached hydrogens (tertiary/aromatic N) is 5. The molecule has 0 bridgehead atoms. The highest BCUT2D eigenvalue weighted by molar-refractivity contribution is 8.00. The summed E-state index contributed by atoms with van der Waals surface area (Å²) in [4.78, 5) is 17.4. The van der Waals surface area contributed by atoms with Crippen LogP contribution in [0.4, 0.5) is 10.8 Å². The van der Waals surface area contributed by atoms with Gasteiger partial charge in [0, 0.05) is 17.5 Å². The zero-order valence-corrected chi connectivity index (χ0v) is 17.1. The molecule has 3 heterocycles. The third-order valence-electron chi connectivity index (χ3n) is 3.66. The average Bonchev–Trinajstić information content (AvgIpc) is 3.27. The van der Waals surface area contributed by atoms with Crippen molar-refractivity contribution in [1.29, 1.82) is 0 Å². The molecule has 138 valence electrons. The number of aromatic nitrogens is 5. The number of thioether (sulfide) groups is 1. The maximum Gasteiger partial charge on any atom is 0.275 e. The highest BCUT2D eigenvalue weighted by Gasteiger charge is 2.10. The van der Waals surface area contributed by atoms with Crippen molar-refractivity contribution in [3.05, 3.63) is 57.0 Å². The van der Waals surface area contributed by atoms with E-state index in [1.807, 2.05) is 32.0 Å². The van der Waals surface area contributed by atoms with Crippen molar-refractivity contribution < 1.29 is 0 Å². The van der Waals surface area contributed by atoms with Crippen LogP contribution in [0.1, 0.15) is 23.2 Å². The summed E-state index contributed by atoms with van der Waals surface area (Å²) < 4.78 is 2.19. The minimum atomic E-state index is -0.148. The molecule has 7 nitrogen and oxygen atoms in total. The number of nitrogens with one attached hydrogen (secondary N) is 1. The van der Waals surface area contributed by atoms with E-state index in [-0.39, 0.29) is 5.56 Å². The quantitative estimate of drug-likeness (QED) is 0.477. The fraction of sp³-hybridized carbons (Fsp3) is 0.235. The predicted molar refractivity (Wildman–Crippen MR) is 110 cm³/mol. The van der Waals surface area contributed by atoms with E-state index in [2.05, 4.69) is 31.7 Å². The largest absolute Gasteiger partial charge is 0.330 e. The third kappa shape index (κ3) is 4.18. The smallest absolute Gasteiger partial charge is 0.275 e. The summed E-state index contributed by atoms with van der Waals surface area (Å²) in [6.07, 6.45) is 0.791. The lowest BCUT2D eigenvalue weighted by atomic mass is 10.2. The summed E-state index contributed by atoms with van der Waals surface area (Å²) in [7, 11) is 0. The van der Waals surface area contributed by atoms with Crippen LogP contribution in [0.5, 0.6) is 0 Å². The zero-order valence-electron chi connectivity index (χ0n) is 14.7. The van der Waals surface area contributed by atoms with E-state index in [0.717, 1.165) is 32.3 Å². The molecule has 3 aromatic heterocycles. The van der Waals surface area contributed by atoms with Gasteiger partial charge in [0.25, 0.3) is 5.56 Å². The number of benzene rings is 1. The first-order valence-electron chi connectivity index (χ1n) is 8.29. The van der Waals surface area contributed by atoms with Gasteiger partial charge in [0.15, 0.2) is 4.34 Å². The summed E-state index contributed by atoms with van der Waals surface area (Å²) in [6, 6.07) is 9.63. The number of hydrogen-bond donors (Lipinski definition) is 1. The molecule has 0 unspecified atom stereocenters. The third-order valence-corrected chi connectivity index (χ3v) is 6.72. The monoisotopic (exact) mass is 416 g/mol. The molecule has 10 heteroatoms. The first kappa shape index (κ1) is 18.1. The summed E-state index contributed by atoms with van der Waals surface area (Å²) in [6.45, 7) is 4.06. The van der Waals surface area contributed by atoms with Crippen molar-refractivity contribution in [2.75, 3.05) is 5.32 Å². The van der Waals surface area contributed by atoms with Gasteiger partial charge in [-0.05, 0) is 31.0 Å². The summed E-state index contributed by atoms with van der Waals surface area (Å²) in [5, 5.41) is 17.5. The van der Waals surface area contributed by atoms with Gasteiger partial charge < -0.3 is 5.32 Å². The number of aryl methyl sites for hydroxylation is 2. The van der Waals surface area contributed by atoms with E-state index >= 15 is 0 Å². The van der Waals surface area contributed by atoms with Crippen molar-refractivity contribution in [3.8, 4) is 0 Å². The molecule has 4 aromatic rings. The fourth-order valence-corrected chi connectivity index (χ4v) is 4.94. The summed E-state index contributed by atoms with van der Waals surface area (Å²) >= 11 is 4.44. The lowest BCUT2D eigenvalue weighted by molar-refractivity contribution is 0.852. The molecule has 1 aromatic carbocycles. The highest BCUT2D eigenvalue weighted by atomic mass is 32.2. The van der Waals surface area contributed by atoms with Crippen molar-refractivity contribution in [3.63, 3.8) is 0 Å². The molecule has 0 saturated carbocycles. The van der Waals surface area contributed by atoms with Gasteiger partial charge in [-0.2, -0.15) is 9.61 Å². The lowest BCUT2D eigenvalue weighted by Crippen LogP contribution is -2.15. The second kappa shape index (κ2) is 7.75. The second-order valence-electron chi connectivity index (χ2n) is 5.79. The van der Waals surface area contributed by atoms with Crippen LogP contribution in [0, 0.1) is 6.92 Å². The van der Waals surface area contributed by atoms with Crippen LogP contribution in [0.2, 0.25) is 0 Å². The van der Waals surface area contributed by atoms with Crippen LogP contribution >= 0.6 is 34.4 Å². The molecule has 0 aliphatic carbocycles. The van der Waals surface area contributed by atoms with E-state index in [4.69, 9.17) is 0 Å². The van der Waals surface area contributed by atoms with Gasteiger partial charge in [0.05, 0.1) is 5.69 Å². The molecule has 27 heavy (non-hydrogen) atoms. The van der Waals surface area contributed by atoms with E-state index in [9.17, 15) is 4.79 Å². The van der Waals surface area contributed by atoms with E-state index in [1.54, 1.807) is 0 Å². The molecular formula is C17H16N6OS3. The predicted octanol–water partition coefficient (Wildman–Crippen LogP) is 3.91. The molecule has 1 N–H and O–H groups in total. The number of fused-ring (bicyclic) bond motifs is 1. The minimum Gasteiger partial charge on any atom is -0.330 e. The molecule has 4 rings (SSSR count). The van der Waals surface area contributed by atoms with Gasteiger partial charge in [-0.25, -0.2) is 4.98 Å². The SMILES string of the molecule is CCc1nn2c(=O)cc(CSc3nnc(Nc4cccc(C)c4)s3)nc2s1. The number of rotatable bonds is 6. The minimum absolute atomic E-state index is 0.148. The normalized spacial score (nSPS) is 11.2. The maximum absolute atomic E-state index is 12.2. The Morgan fingerprint density at radius 2 is 2.11 bits per heavy atom. The molecular weight excluding hydrogens is 400 g/mol. The number of anilines is 2. The Kier molecular flexibility index (Phi) is 5.19. The van der Waals surface area contributed by atoms with Crippen LogP contribution < -0.4 is 10.9 Å². The topological polar surface area (TPSA) is 85.1 Å². The van der Waals surface area contributed by atoms with Crippen LogP contribution in [0.15, 0.2) is 39.5 Å². The molecule has 0 atom stereocenters. The average molecular weight is 417 g/mol. The van der Waals surface area contributed by atoms with Gasteiger partial charge in [-0.3, -0.25) is 4.79 Å². The van der Waals surface area contributed by atoms with Crippen LogP contribution in [-0.2, 0) is 12.2 Å². The fourth-order valence-electron chi connectivity index (χ4n) is 2.41. The molecule has 0 aliphatic heterocycles. The van der Waals surface area contributed by atoms with Crippen molar-refractivity contribution in [2.24, 2.45) is 0 Å². The Morgan fingerprint density at radius 1 is 1.22 bits per heavy atom. The Morgan fingerprint density at radius 3 is 2.93 bits per heavy atom. The van der Waals surface area contributed by atoms with Gasteiger partial charge in [-0.1, -0.05) is 53.5 Å². The van der Waals surface area contributed by atoms with Crippen molar-refractivity contribution in [1.82, 2.24) is 24.8 Å². The first-order chi connectivity index (χ1) is 13.1. The van der Waals surface area contributed by atoms with E-state index in [1.165, 1.54) is 50.6 Å². The second-order valence-corrected chi connectivity index (χ2v) is 9.03. The van der Waals surface area contributed by atoms with E-state index in [0.29, 0.717) is 10.7 Å². The molecule has 0 spiro atoms.